The van der Waals surface area contributed by atoms with Gasteiger partial charge in [-0.05, 0) is 69.5 Å². The Hall–Kier alpha value is -0.730. The van der Waals surface area contributed by atoms with Crippen molar-refractivity contribution in [2.75, 3.05) is 13.1 Å². The quantitative estimate of drug-likeness (QED) is 0.788. The second kappa shape index (κ2) is 5.94. The van der Waals surface area contributed by atoms with E-state index in [0.29, 0.717) is 0 Å². The van der Waals surface area contributed by atoms with E-state index in [-0.39, 0.29) is 5.60 Å². The Balaban J connectivity index is 2.01. The number of benzene rings is 1. The van der Waals surface area contributed by atoms with Gasteiger partial charge in [-0.15, -0.1) is 0 Å². The van der Waals surface area contributed by atoms with E-state index in [1.54, 1.807) is 0 Å². The van der Waals surface area contributed by atoms with Gasteiger partial charge in [0.2, 0.25) is 0 Å². The van der Waals surface area contributed by atoms with Crippen LogP contribution in [-0.4, -0.2) is 18.7 Å². The topological polar surface area (TPSA) is 21.3 Å². The fourth-order valence-electron chi connectivity index (χ4n) is 2.43. The van der Waals surface area contributed by atoms with Gasteiger partial charge in [0.25, 0.3) is 0 Å². The van der Waals surface area contributed by atoms with E-state index in [4.69, 9.17) is 16.3 Å². The fourth-order valence-corrected chi connectivity index (χ4v) is 2.65. The monoisotopic (exact) mass is 267 g/mol. The third-order valence-electron chi connectivity index (χ3n) is 3.74. The molecule has 0 saturated heterocycles. The van der Waals surface area contributed by atoms with Gasteiger partial charge in [0.1, 0.15) is 11.4 Å². The van der Waals surface area contributed by atoms with Gasteiger partial charge in [-0.3, -0.25) is 0 Å². The predicted octanol–water partition coefficient (Wildman–Crippen LogP) is 3.95. The first-order valence-electron chi connectivity index (χ1n) is 6.81. The van der Waals surface area contributed by atoms with Crippen molar-refractivity contribution in [3.63, 3.8) is 0 Å². The molecular weight excluding hydrogens is 246 g/mol. The molecule has 0 heterocycles. The maximum Gasteiger partial charge on any atom is 0.123 e. The summed E-state index contributed by atoms with van der Waals surface area (Å²) in [5, 5.41) is 4.15. The molecule has 1 aliphatic rings. The van der Waals surface area contributed by atoms with Crippen molar-refractivity contribution in [3.8, 4) is 5.75 Å². The minimum atomic E-state index is 0.0563. The zero-order valence-corrected chi connectivity index (χ0v) is 12.0. The Bertz CT molecular complexity index is 401. The molecule has 1 aliphatic carbocycles. The summed E-state index contributed by atoms with van der Waals surface area (Å²) in [6, 6.07) is 5.86. The molecule has 1 aromatic rings. The summed E-state index contributed by atoms with van der Waals surface area (Å²) in [6.45, 7) is 6.24. The van der Waals surface area contributed by atoms with Crippen LogP contribution < -0.4 is 10.1 Å². The molecule has 100 valence electrons. The van der Waals surface area contributed by atoms with Crippen LogP contribution in [0.15, 0.2) is 18.2 Å². The molecule has 3 heteroatoms. The molecule has 1 saturated carbocycles. The van der Waals surface area contributed by atoms with Gasteiger partial charge in [-0.1, -0.05) is 18.5 Å². The van der Waals surface area contributed by atoms with Crippen LogP contribution in [0.2, 0.25) is 5.02 Å². The first kappa shape index (κ1) is 13.7. The van der Waals surface area contributed by atoms with Crippen molar-refractivity contribution in [2.45, 2.75) is 45.1 Å². The second-order valence-corrected chi connectivity index (χ2v) is 5.59. The Kier molecular flexibility index (Phi) is 4.52. The summed E-state index contributed by atoms with van der Waals surface area (Å²) in [6.07, 6.45) is 4.70. The molecule has 1 N–H and O–H groups in total. The number of hydrogen-bond donors (Lipinski definition) is 1. The van der Waals surface area contributed by atoms with Crippen molar-refractivity contribution in [1.82, 2.24) is 5.32 Å². The van der Waals surface area contributed by atoms with Crippen LogP contribution in [-0.2, 0) is 0 Å². The van der Waals surface area contributed by atoms with Crippen LogP contribution in [0.3, 0.4) is 0 Å². The SMILES string of the molecule is CCNCCC1(Oc2ccc(Cl)cc2C)CCC1. The highest BCUT2D eigenvalue weighted by Gasteiger charge is 2.38. The fraction of sp³-hybridized carbons (Fsp3) is 0.600. The lowest BCUT2D eigenvalue weighted by Gasteiger charge is -2.42. The lowest BCUT2D eigenvalue weighted by molar-refractivity contribution is -0.0146. The molecule has 0 aromatic heterocycles. The van der Waals surface area contributed by atoms with Crippen molar-refractivity contribution in [3.05, 3.63) is 28.8 Å². The summed E-state index contributed by atoms with van der Waals surface area (Å²) in [7, 11) is 0. The normalized spacial score (nSPS) is 17.3. The van der Waals surface area contributed by atoms with Gasteiger partial charge < -0.3 is 10.1 Å². The number of rotatable bonds is 6. The predicted molar refractivity (Wildman–Crippen MR) is 76.6 cm³/mol. The van der Waals surface area contributed by atoms with E-state index in [9.17, 15) is 0 Å². The minimum absolute atomic E-state index is 0.0563. The van der Waals surface area contributed by atoms with Crippen LogP contribution in [0, 0.1) is 6.92 Å². The molecule has 1 fully saturated rings. The largest absolute Gasteiger partial charge is 0.487 e. The Morgan fingerprint density at radius 1 is 1.39 bits per heavy atom. The Morgan fingerprint density at radius 3 is 2.72 bits per heavy atom. The number of aryl methyl sites for hydroxylation is 1. The molecule has 0 unspecified atom stereocenters. The number of hydrogen-bond acceptors (Lipinski definition) is 2. The van der Waals surface area contributed by atoms with Gasteiger partial charge in [0.05, 0.1) is 0 Å². The molecule has 0 amide bonds. The van der Waals surface area contributed by atoms with Gasteiger partial charge in [0, 0.05) is 5.02 Å². The van der Waals surface area contributed by atoms with Crippen LogP contribution in [0.1, 0.15) is 38.2 Å². The molecule has 0 radical (unpaired) electrons. The number of ether oxygens (including phenoxy) is 1. The maximum absolute atomic E-state index is 6.27. The Morgan fingerprint density at radius 2 is 2.17 bits per heavy atom. The standard InChI is InChI=1S/C15H22ClNO/c1-3-17-10-9-15(7-4-8-15)18-14-6-5-13(16)11-12(14)2/h5-6,11,17H,3-4,7-10H2,1-2H3. The smallest absolute Gasteiger partial charge is 0.123 e. The van der Waals surface area contributed by atoms with Crippen molar-refractivity contribution in [2.24, 2.45) is 0 Å². The molecule has 1 aromatic carbocycles. The molecular formula is C15H22ClNO. The molecule has 0 bridgehead atoms. The van der Waals surface area contributed by atoms with Gasteiger partial charge in [-0.25, -0.2) is 0 Å². The first-order valence-corrected chi connectivity index (χ1v) is 7.19. The molecule has 2 rings (SSSR count). The molecule has 2 nitrogen and oxygen atoms in total. The zero-order valence-electron chi connectivity index (χ0n) is 11.3. The van der Waals surface area contributed by atoms with E-state index in [2.05, 4.69) is 19.2 Å². The number of nitrogens with one attached hydrogen (secondary N) is 1. The van der Waals surface area contributed by atoms with Crippen LogP contribution >= 0.6 is 11.6 Å². The maximum atomic E-state index is 6.27. The van der Waals surface area contributed by atoms with E-state index >= 15 is 0 Å². The highest BCUT2D eigenvalue weighted by Crippen LogP contribution is 2.40. The molecule has 18 heavy (non-hydrogen) atoms. The van der Waals surface area contributed by atoms with Crippen molar-refractivity contribution >= 4 is 11.6 Å². The van der Waals surface area contributed by atoms with E-state index in [0.717, 1.165) is 35.8 Å². The van der Waals surface area contributed by atoms with Gasteiger partial charge in [0.15, 0.2) is 0 Å². The first-order chi connectivity index (χ1) is 8.65. The number of halogens is 1. The summed E-state index contributed by atoms with van der Waals surface area (Å²) >= 11 is 5.97. The van der Waals surface area contributed by atoms with E-state index < -0.39 is 0 Å². The lowest BCUT2D eigenvalue weighted by Crippen LogP contribution is -2.45. The highest BCUT2D eigenvalue weighted by molar-refractivity contribution is 6.30. The highest BCUT2D eigenvalue weighted by atomic mass is 35.5. The second-order valence-electron chi connectivity index (χ2n) is 5.15. The van der Waals surface area contributed by atoms with Crippen LogP contribution in [0.4, 0.5) is 0 Å². The van der Waals surface area contributed by atoms with Crippen molar-refractivity contribution < 1.29 is 4.74 Å². The average molecular weight is 268 g/mol. The van der Waals surface area contributed by atoms with Gasteiger partial charge >= 0.3 is 0 Å². The van der Waals surface area contributed by atoms with E-state index in [1.165, 1.54) is 19.3 Å². The van der Waals surface area contributed by atoms with Gasteiger partial charge in [-0.2, -0.15) is 0 Å². The van der Waals surface area contributed by atoms with Crippen LogP contribution in [0.25, 0.3) is 0 Å². The lowest BCUT2D eigenvalue weighted by atomic mass is 9.77. The summed E-state index contributed by atoms with van der Waals surface area (Å²) in [5.41, 5.74) is 1.18. The summed E-state index contributed by atoms with van der Waals surface area (Å²) < 4.78 is 6.27. The summed E-state index contributed by atoms with van der Waals surface area (Å²) in [5.74, 6) is 0.982. The zero-order chi connectivity index (χ0) is 13.0. The third-order valence-corrected chi connectivity index (χ3v) is 3.97. The third kappa shape index (κ3) is 3.18. The molecule has 0 aliphatic heterocycles. The average Bonchev–Trinajstić information content (AvgIpc) is 2.29. The molecule has 0 atom stereocenters. The molecule has 0 spiro atoms. The van der Waals surface area contributed by atoms with Crippen molar-refractivity contribution in [1.29, 1.82) is 0 Å². The minimum Gasteiger partial charge on any atom is -0.487 e. The summed E-state index contributed by atoms with van der Waals surface area (Å²) in [4.78, 5) is 0. The van der Waals surface area contributed by atoms with Crippen LogP contribution in [0.5, 0.6) is 5.75 Å². The van der Waals surface area contributed by atoms with E-state index in [1.807, 2.05) is 18.2 Å². The Labute approximate surface area is 115 Å².